The van der Waals surface area contributed by atoms with Gasteiger partial charge in [0.2, 0.25) is 0 Å². The summed E-state index contributed by atoms with van der Waals surface area (Å²) < 4.78 is 19.2. The summed E-state index contributed by atoms with van der Waals surface area (Å²) in [4.78, 5) is 8.31. The van der Waals surface area contributed by atoms with Crippen LogP contribution < -0.4 is 15.4 Å². The molecule has 0 saturated heterocycles. The van der Waals surface area contributed by atoms with E-state index in [0.717, 1.165) is 5.56 Å². The first-order valence-electron chi connectivity index (χ1n) is 8.61. The molecule has 6 nitrogen and oxygen atoms in total. The quantitative estimate of drug-likeness (QED) is 0.303. The topological polar surface area (TPSA) is 78.8 Å². The number of hydrogen-bond acceptors (Lipinski definition) is 4. The number of hydrogen-bond donors (Lipinski definition) is 3. The first kappa shape index (κ1) is 23.1. The Morgan fingerprint density at radius 3 is 2.59 bits per heavy atom. The third-order valence-corrected chi connectivity index (χ3v) is 3.58. The van der Waals surface area contributed by atoms with Gasteiger partial charge in [-0.25, -0.2) is 4.39 Å². The molecule has 27 heavy (non-hydrogen) atoms. The van der Waals surface area contributed by atoms with Crippen LogP contribution in [0.4, 0.5) is 4.39 Å². The van der Waals surface area contributed by atoms with E-state index in [-0.39, 0.29) is 48.2 Å². The Morgan fingerprint density at radius 1 is 1.22 bits per heavy atom. The second-order valence-electron chi connectivity index (χ2n) is 5.76. The lowest BCUT2D eigenvalue weighted by molar-refractivity contribution is 0.187. The molecule has 0 saturated carbocycles. The first-order chi connectivity index (χ1) is 12.6. The number of rotatable bonds is 8. The van der Waals surface area contributed by atoms with Crippen molar-refractivity contribution in [2.75, 3.05) is 19.6 Å². The summed E-state index contributed by atoms with van der Waals surface area (Å²) in [5, 5.41) is 16.4. The van der Waals surface area contributed by atoms with Crippen LogP contribution >= 0.6 is 24.0 Å². The molecule has 0 bridgehead atoms. The molecule has 2 rings (SSSR count). The van der Waals surface area contributed by atoms with Crippen molar-refractivity contribution in [2.24, 2.45) is 4.99 Å². The highest BCUT2D eigenvalue weighted by Gasteiger charge is 2.10. The Kier molecular flexibility index (Phi) is 10.6. The molecule has 0 aliphatic heterocycles. The van der Waals surface area contributed by atoms with E-state index in [1.165, 1.54) is 6.07 Å². The standard InChI is InChI=1S/C19H25FN4O2.HI/c1-3-22-19(24-13-17(25)15-8-10-21-11-9-15)23-12-14(2)26-18-7-5-4-6-16(18)20;/h4-11,14,17,25H,3,12-13H2,1-2H3,(H2,22,23,24);1H. The number of aliphatic hydroxyl groups is 1. The summed E-state index contributed by atoms with van der Waals surface area (Å²) in [6.45, 7) is 5.12. The van der Waals surface area contributed by atoms with Crippen LogP contribution in [0.25, 0.3) is 0 Å². The predicted molar refractivity (Wildman–Crippen MR) is 115 cm³/mol. The third kappa shape index (κ3) is 8.08. The van der Waals surface area contributed by atoms with Crippen LogP contribution in [0.1, 0.15) is 25.5 Å². The van der Waals surface area contributed by atoms with Crippen LogP contribution in [-0.2, 0) is 0 Å². The van der Waals surface area contributed by atoms with Gasteiger partial charge in [0.25, 0.3) is 0 Å². The summed E-state index contributed by atoms with van der Waals surface area (Å²) in [6.07, 6.45) is 2.29. The highest BCUT2D eigenvalue weighted by molar-refractivity contribution is 14.0. The lowest BCUT2D eigenvalue weighted by atomic mass is 10.1. The highest BCUT2D eigenvalue weighted by Crippen LogP contribution is 2.16. The number of nitrogens with one attached hydrogen (secondary N) is 2. The van der Waals surface area contributed by atoms with Gasteiger partial charge < -0.3 is 20.5 Å². The summed E-state index contributed by atoms with van der Waals surface area (Å²) in [7, 11) is 0. The maximum atomic E-state index is 13.6. The van der Waals surface area contributed by atoms with Crippen molar-refractivity contribution in [1.29, 1.82) is 0 Å². The van der Waals surface area contributed by atoms with Gasteiger partial charge in [0.15, 0.2) is 17.5 Å². The van der Waals surface area contributed by atoms with Crippen LogP contribution in [0.5, 0.6) is 5.75 Å². The molecule has 0 aliphatic rings. The van der Waals surface area contributed by atoms with Crippen LogP contribution in [0.2, 0.25) is 0 Å². The van der Waals surface area contributed by atoms with Crippen molar-refractivity contribution in [3.05, 3.63) is 60.2 Å². The van der Waals surface area contributed by atoms with Crippen molar-refractivity contribution in [3.8, 4) is 5.75 Å². The van der Waals surface area contributed by atoms with E-state index < -0.39 is 6.10 Å². The number of para-hydroxylation sites is 1. The van der Waals surface area contributed by atoms with Gasteiger partial charge in [-0.15, -0.1) is 24.0 Å². The highest BCUT2D eigenvalue weighted by atomic mass is 127. The normalized spacial score (nSPS) is 13.3. The van der Waals surface area contributed by atoms with E-state index in [4.69, 9.17) is 4.74 Å². The van der Waals surface area contributed by atoms with Gasteiger partial charge in [0.05, 0.1) is 19.2 Å². The van der Waals surface area contributed by atoms with Crippen LogP contribution in [-0.4, -0.2) is 41.8 Å². The Balaban J connectivity index is 0.00000364. The Hall–Kier alpha value is -1.94. The molecule has 2 atom stereocenters. The number of aliphatic imine (C=N–C) groups is 1. The van der Waals surface area contributed by atoms with Crippen molar-refractivity contribution < 1.29 is 14.2 Å². The van der Waals surface area contributed by atoms with Crippen LogP contribution in [0, 0.1) is 5.82 Å². The molecule has 0 aliphatic carbocycles. The predicted octanol–water partition coefficient (Wildman–Crippen LogP) is 2.89. The fourth-order valence-electron chi connectivity index (χ4n) is 2.25. The lowest BCUT2D eigenvalue weighted by Crippen LogP contribution is -2.42. The van der Waals surface area contributed by atoms with E-state index in [1.54, 1.807) is 42.7 Å². The molecule has 3 N–H and O–H groups in total. The third-order valence-electron chi connectivity index (χ3n) is 3.58. The minimum atomic E-state index is -0.708. The smallest absolute Gasteiger partial charge is 0.191 e. The zero-order valence-electron chi connectivity index (χ0n) is 15.4. The summed E-state index contributed by atoms with van der Waals surface area (Å²) in [5.74, 6) is 0.391. The number of aromatic nitrogens is 1. The fraction of sp³-hybridized carbons (Fsp3) is 0.368. The molecule has 1 heterocycles. The summed E-state index contributed by atoms with van der Waals surface area (Å²) in [6, 6.07) is 9.81. The summed E-state index contributed by atoms with van der Waals surface area (Å²) >= 11 is 0. The molecule has 0 amide bonds. The number of pyridine rings is 1. The van der Waals surface area contributed by atoms with Gasteiger partial charge in [0, 0.05) is 18.9 Å². The molecule has 148 valence electrons. The number of halogens is 2. The van der Waals surface area contributed by atoms with Crippen LogP contribution in [0.15, 0.2) is 53.8 Å². The average Bonchev–Trinajstić information content (AvgIpc) is 2.66. The van der Waals surface area contributed by atoms with Crippen molar-refractivity contribution >= 4 is 29.9 Å². The van der Waals surface area contributed by atoms with E-state index >= 15 is 0 Å². The number of benzene rings is 1. The SMILES string of the molecule is CCNC(=NCC(O)c1ccncc1)NCC(C)Oc1ccccc1F.I. The van der Waals surface area contributed by atoms with E-state index in [0.29, 0.717) is 19.0 Å². The molecule has 1 aromatic carbocycles. The minimum absolute atomic E-state index is 0. The van der Waals surface area contributed by atoms with E-state index in [1.807, 2.05) is 13.8 Å². The van der Waals surface area contributed by atoms with E-state index in [9.17, 15) is 9.50 Å². The number of aliphatic hydroxyl groups excluding tert-OH is 1. The molecule has 1 aromatic heterocycles. The van der Waals surface area contributed by atoms with Gasteiger partial charge >= 0.3 is 0 Å². The molecular weight excluding hydrogens is 462 g/mol. The maximum Gasteiger partial charge on any atom is 0.191 e. The summed E-state index contributed by atoms with van der Waals surface area (Å²) in [5.41, 5.74) is 0.760. The lowest BCUT2D eigenvalue weighted by Gasteiger charge is -2.18. The van der Waals surface area contributed by atoms with Gasteiger partial charge in [-0.05, 0) is 43.7 Å². The second kappa shape index (κ2) is 12.4. The molecule has 2 aromatic rings. The molecule has 8 heteroatoms. The average molecular weight is 488 g/mol. The van der Waals surface area contributed by atoms with Crippen LogP contribution in [0.3, 0.4) is 0 Å². The van der Waals surface area contributed by atoms with E-state index in [2.05, 4.69) is 20.6 Å². The van der Waals surface area contributed by atoms with Crippen molar-refractivity contribution in [3.63, 3.8) is 0 Å². The van der Waals surface area contributed by atoms with Crippen molar-refractivity contribution in [1.82, 2.24) is 15.6 Å². The van der Waals surface area contributed by atoms with Gasteiger partial charge in [0.1, 0.15) is 6.10 Å². The monoisotopic (exact) mass is 488 g/mol. The molecule has 2 unspecified atom stereocenters. The Labute approximate surface area is 176 Å². The largest absolute Gasteiger partial charge is 0.486 e. The Morgan fingerprint density at radius 2 is 1.93 bits per heavy atom. The van der Waals surface area contributed by atoms with Gasteiger partial charge in [-0.1, -0.05) is 12.1 Å². The van der Waals surface area contributed by atoms with Gasteiger partial charge in [-0.2, -0.15) is 0 Å². The first-order valence-corrected chi connectivity index (χ1v) is 8.61. The second-order valence-corrected chi connectivity index (χ2v) is 5.76. The fourth-order valence-corrected chi connectivity index (χ4v) is 2.25. The number of ether oxygens (including phenoxy) is 1. The maximum absolute atomic E-state index is 13.6. The molecule has 0 radical (unpaired) electrons. The molecule has 0 fully saturated rings. The van der Waals surface area contributed by atoms with Gasteiger partial charge in [-0.3, -0.25) is 9.98 Å². The van der Waals surface area contributed by atoms with Crippen molar-refractivity contribution in [2.45, 2.75) is 26.1 Å². The zero-order valence-corrected chi connectivity index (χ0v) is 17.8. The molecular formula is C19H26FIN4O2. The molecule has 0 spiro atoms. The minimum Gasteiger partial charge on any atom is -0.486 e. The zero-order chi connectivity index (χ0) is 18.8. The number of nitrogens with zero attached hydrogens (tertiary/aromatic N) is 2. The Bertz CT molecular complexity index is 703. The number of guanidine groups is 1.